The summed E-state index contributed by atoms with van der Waals surface area (Å²) in [4.78, 5) is 34.5. The van der Waals surface area contributed by atoms with Crippen molar-refractivity contribution in [2.75, 3.05) is 13.2 Å². The van der Waals surface area contributed by atoms with Gasteiger partial charge < -0.3 is 15.4 Å². The molecule has 0 aliphatic rings. The van der Waals surface area contributed by atoms with Crippen molar-refractivity contribution in [2.45, 2.75) is 19.9 Å². The van der Waals surface area contributed by atoms with E-state index in [1.165, 1.54) is 0 Å². The molecule has 0 unspecified atom stereocenters. The van der Waals surface area contributed by atoms with E-state index in [0.29, 0.717) is 10.0 Å². The number of carbonyl (C=O) groups excluding carboxylic acids is 3. The first-order valence-electron chi connectivity index (χ1n) is 6.38. The van der Waals surface area contributed by atoms with E-state index >= 15 is 0 Å². The van der Waals surface area contributed by atoms with Crippen LogP contribution >= 0.6 is 15.9 Å². The number of benzene rings is 1. The van der Waals surface area contributed by atoms with Crippen LogP contribution in [0.2, 0.25) is 0 Å². The van der Waals surface area contributed by atoms with Crippen LogP contribution in [0.3, 0.4) is 0 Å². The summed E-state index contributed by atoms with van der Waals surface area (Å²) < 4.78 is 5.46. The maximum absolute atomic E-state index is 11.7. The molecular weight excluding hydrogens is 340 g/mol. The van der Waals surface area contributed by atoms with Gasteiger partial charge in [0.25, 0.3) is 5.91 Å². The van der Waals surface area contributed by atoms with Crippen molar-refractivity contribution in [3.8, 4) is 0 Å². The lowest BCUT2D eigenvalue weighted by molar-refractivity contribution is -0.128. The predicted octanol–water partition coefficient (Wildman–Crippen LogP) is 1.25. The van der Waals surface area contributed by atoms with Gasteiger partial charge in [-0.15, -0.1) is 0 Å². The van der Waals surface area contributed by atoms with Crippen molar-refractivity contribution in [2.24, 2.45) is 0 Å². The zero-order valence-corrected chi connectivity index (χ0v) is 13.4. The molecule has 1 rings (SSSR count). The molecule has 0 spiro atoms. The molecule has 0 fully saturated rings. The van der Waals surface area contributed by atoms with Crippen molar-refractivity contribution in [3.63, 3.8) is 0 Å². The summed E-state index contributed by atoms with van der Waals surface area (Å²) in [5.41, 5.74) is 0.336. The number of amides is 2. The van der Waals surface area contributed by atoms with Crippen LogP contribution in [0.1, 0.15) is 24.2 Å². The van der Waals surface area contributed by atoms with Crippen molar-refractivity contribution in [1.29, 1.82) is 0 Å². The summed E-state index contributed by atoms with van der Waals surface area (Å²) in [5, 5.41) is 5.00. The fourth-order valence-corrected chi connectivity index (χ4v) is 1.89. The second-order valence-electron chi connectivity index (χ2n) is 4.55. The number of ether oxygens (including phenoxy) is 1. The molecular formula is C14H17BrN2O4. The quantitative estimate of drug-likeness (QED) is 0.751. The van der Waals surface area contributed by atoms with Gasteiger partial charge in [0.05, 0.1) is 12.1 Å². The second kappa shape index (κ2) is 8.41. The summed E-state index contributed by atoms with van der Waals surface area (Å²) >= 11 is 3.22. The summed E-state index contributed by atoms with van der Waals surface area (Å²) in [6.07, 6.45) is 0. The van der Waals surface area contributed by atoms with Gasteiger partial charge in [0.2, 0.25) is 5.91 Å². The van der Waals surface area contributed by atoms with Crippen LogP contribution in [0.4, 0.5) is 0 Å². The fourth-order valence-electron chi connectivity index (χ4n) is 1.44. The maximum Gasteiger partial charge on any atom is 0.339 e. The van der Waals surface area contributed by atoms with E-state index in [2.05, 4.69) is 26.6 Å². The Morgan fingerprint density at radius 1 is 1.19 bits per heavy atom. The highest BCUT2D eigenvalue weighted by molar-refractivity contribution is 9.10. The number of halogens is 1. The van der Waals surface area contributed by atoms with Crippen LogP contribution in [0.5, 0.6) is 0 Å². The van der Waals surface area contributed by atoms with Crippen LogP contribution in [0.15, 0.2) is 28.7 Å². The van der Waals surface area contributed by atoms with Crippen LogP contribution in [0, 0.1) is 0 Å². The molecule has 7 heteroatoms. The Morgan fingerprint density at radius 3 is 2.48 bits per heavy atom. The molecule has 0 atom stereocenters. The zero-order chi connectivity index (χ0) is 15.8. The van der Waals surface area contributed by atoms with Crippen LogP contribution in [0.25, 0.3) is 0 Å². The lowest BCUT2D eigenvalue weighted by Crippen LogP contribution is -2.41. The average molecular weight is 357 g/mol. The third-order valence-corrected chi connectivity index (χ3v) is 3.02. The highest BCUT2D eigenvalue weighted by Crippen LogP contribution is 2.16. The molecule has 0 aromatic heterocycles. The summed E-state index contributed by atoms with van der Waals surface area (Å²) in [7, 11) is 0. The van der Waals surface area contributed by atoms with Gasteiger partial charge in [-0.3, -0.25) is 9.59 Å². The number of rotatable bonds is 6. The standard InChI is InChI=1S/C14H17BrN2O4/c1-9(2)17-12(18)7-16-13(19)8-21-14(20)10-5-3-4-6-11(10)15/h3-6,9H,7-8H2,1-2H3,(H,16,19)(H,17,18). The molecule has 6 nitrogen and oxygen atoms in total. The molecule has 21 heavy (non-hydrogen) atoms. The van der Waals surface area contributed by atoms with E-state index in [0.717, 1.165) is 0 Å². The minimum absolute atomic E-state index is 0.00246. The first-order chi connectivity index (χ1) is 9.90. The van der Waals surface area contributed by atoms with E-state index < -0.39 is 18.5 Å². The Morgan fingerprint density at radius 2 is 1.86 bits per heavy atom. The van der Waals surface area contributed by atoms with Gasteiger partial charge in [0.1, 0.15) is 0 Å². The van der Waals surface area contributed by atoms with Crippen LogP contribution < -0.4 is 10.6 Å². The molecule has 2 amide bonds. The van der Waals surface area contributed by atoms with E-state index in [1.54, 1.807) is 24.3 Å². The van der Waals surface area contributed by atoms with Gasteiger partial charge in [-0.05, 0) is 41.9 Å². The Hall–Kier alpha value is -1.89. The van der Waals surface area contributed by atoms with E-state index in [1.807, 2.05) is 13.8 Å². The Bertz CT molecular complexity index is 531. The molecule has 2 N–H and O–H groups in total. The monoisotopic (exact) mass is 356 g/mol. The number of hydrogen-bond acceptors (Lipinski definition) is 4. The SMILES string of the molecule is CC(C)NC(=O)CNC(=O)COC(=O)c1ccccc1Br. The third kappa shape index (κ3) is 6.40. The lowest BCUT2D eigenvalue weighted by Gasteiger charge is -2.09. The normalized spacial score (nSPS) is 10.1. The van der Waals surface area contributed by atoms with Crippen molar-refractivity contribution in [3.05, 3.63) is 34.3 Å². The van der Waals surface area contributed by atoms with Gasteiger partial charge in [-0.1, -0.05) is 12.1 Å². The molecule has 0 saturated heterocycles. The Balaban J connectivity index is 2.35. The van der Waals surface area contributed by atoms with Crippen LogP contribution in [-0.2, 0) is 14.3 Å². The molecule has 0 bridgehead atoms. The van der Waals surface area contributed by atoms with Gasteiger partial charge in [-0.2, -0.15) is 0 Å². The third-order valence-electron chi connectivity index (χ3n) is 2.32. The topological polar surface area (TPSA) is 84.5 Å². The van der Waals surface area contributed by atoms with Gasteiger partial charge >= 0.3 is 5.97 Å². The number of esters is 1. The number of carbonyl (C=O) groups is 3. The zero-order valence-electron chi connectivity index (χ0n) is 11.8. The lowest BCUT2D eigenvalue weighted by atomic mass is 10.2. The molecule has 0 radical (unpaired) electrons. The first-order valence-corrected chi connectivity index (χ1v) is 7.17. The van der Waals surface area contributed by atoms with Gasteiger partial charge in [0.15, 0.2) is 6.61 Å². The van der Waals surface area contributed by atoms with Crippen LogP contribution in [-0.4, -0.2) is 37.0 Å². The number of nitrogens with one attached hydrogen (secondary N) is 2. The molecule has 0 aliphatic heterocycles. The summed E-state index contributed by atoms with van der Waals surface area (Å²) in [5.74, 6) is -1.44. The summed E-state index contributed by atoms with van der Waals surface area (Å²) in [6.45, 7) is 3.05. The highest BCUT2D eigenvalue weighted by atomic mass is 79.9. The van der Waals surface area contributed by atoms with E-state index in [9.17, 15) is 14.4 Å². The fraction of sp³-hybridized carbons (Fsp3) is 0.357. The molecule has 0 heterocycles. The molecule has 0 saturated carbocycles. The second-order valence-corrected chi connectivity index (χ2v) is 5.41. The van der Waals surface area contributed by atoms with Crippen molar-refractivity contribution < 1.29 is 19.1 Å². The molecule has 1 aromatic carbocycles. The van der Waals surface area contributed by atoms with E-state index in [4.69, 9.17) is 4.74 Å². The minimum Gasteiger partial charge on any atom is -0.452 e. The first kappa shape index (κ1) is 17.2. The van der Waals surface area contributed by atoms with Crippen molar-refractivity contribution >= 4 is 33.7 Å². The molecule has 114 valence electrons. The number of hydrogen-bond donors (Lipinski definition) is 2. The predicted molar refractivity (Wildman–Crippen MR) is 80.7 cm³/mol. The summed E-state index contributed by atoms with van der Waals surface area (Å²) in [6, 6.07) is 6.74. The van der Waals surface area contributed by atoms with Gasteiger partial charge in [0, 0.05) is 10.5 Å². The molecule has 1 aromatic rings. The maximum atomic E-state index is 11.7. The van der Waals surface area contributed by atoms with E-state index in [-0.39, 0.29) is 18.5 Å². The largest absolute Gasteiger partial charge is 0.452 e. The average Bonchev–Trinajstić information content (AvgIpc) is 2.42. The Kier molecular flexibility index (Phi) is 6.87. The minimum atomic E-state index is -0.607. The molecule has 0 aliphatic carbocycles. The highest BCUT2D eigenvalue weighted by Gasteiger charge is 2.13. The van der Waals surface area contributed by atoms with Gasteiger partial charge in [-0.25, -0.2) is 4.79 Å². The smallest absolute Gasteiger partial charge is 0.339 e. The Labute approximate surface area is 131 Å². The van der Waals surface area contributed by atoms with Crippen molar-refractivity contribution in [1.82, 2.24) is 10.6 Å².